The molecule has 0 amide bonds. The summed E-state index contributed by atoms with van der Waals surface area (Å²) in [5, 5.41) is 0. The second kappa shape index (κ2) is 3.33. The first-order valence-electron chi connectivity index (χ1n) is 3.92. The molecule has 0 saturated carbocycles. The van der Waals surface area contributed by atoms with Crippen LogP contribution in [0.25, 0.3) is 0 Å². The summed E-state index contributed by atoms with van der Waals surface area (Å²) in [7, 11) is 0. The van der Waals surface area contributed by atoms with E-state index in [0.29, 0.717) is 24.9 Å². The maximum Gasteiger partial charge on any atom is 0.124 e. The normalized spacial score (nSPS) is 34.8. The third kappa shape index (κ3) is 1.94. The van der Waals surface area contributed by atoms with Crippen LogP contribution in [0, 0.1) is 11.8 Å². The van der Waals surface area contributed by atoms with Gasteiger partial charge in [0, 0.05) is 6.61 Å². The Morgan fingerprint density at radius 1 is 1.40 bits per heavy atom. The molecule has 60 valence electrons. The number of ether oxygens (including phenoxy) is 1. The van der Waals surface area contributed by atoms with E-state index in [0.717, 1.165) is 6.61 Å². The van der Waals surface area contributed by atoms with Crippen LogP contribution in [0.5, 0.6) is 0 Å². The highest BCUT2D eigenvalue weighted by atomic mass is 19.1. The molecular formula is C8H15FO. The zero-order valence-electron chi connectivity index (χ0n) is 6.64. The minimum absolute atomic E-state index is 0.309. The second-order valence-electron chi connectivity index (χ2n) is 3.37. The Balaban J connectivity index is 2.32. The minimum Gasteiger partial charge on any atom is -0.378 e. The number of hydrogen-bond acceptors (Lipinski definition) is 1. The van der Waals surface area contributed by atoms with Gasteiger partial charge in [0.25, 0.3) is 0 Å². The lowest BCUT2D eigenvalue weighted by molar-refractivity contribution is -0.0136. The summed E-state index contributed by atoms with van der Waals surface area (Å²) in [5.41, 5.74) is 0. The molecule has 1 nitrogen and oxygen atoms in total. The Hall–Kier alpha value is -0.110. The van der Waals surface area contributed by atoms with Crippen molar-refractivity contribution in [3.8, 4) is 0 Å². The summed E-state index contributed by atoms with van der Waals surface area (Å²) >= 11 is 0. The quantitative estimate of drug-likeness (QED) is 0.550. The molecule has 0 aliphatic carbocycles. The van der Waals surface area contributed by atoms with Crippen LogP contribution in [-0.4, -0.2) is 19.4 Å². The average Bonchev–Trinajstić information content (AvgIpc) is 1.88. The van der Waals surface area contributed by atoms with E-state index in [-0.39, 0.29) is 0 Å². The van der Waals surface area contributed by atoms with E-state index < -0.39 is 6.17 Å². The fourth-order valence-electron chi connectivity index (χ4n) is 1.28. The van der Waals surface area contributed by atoms with Gasteiger partial charge in [-0.15, -0.1) is 0 Å². The Bertz CT molecular complexity index is 103. The van der Waals surface area contributed by atoms with Crippen LogP contribution in [0.4, 0.5) is 4.39 Å². The first kappa shape index (κ1) is 7.99. The van der Waals surface area contributed by atoms with Crippen LogP contribution in [0.15, 0.2) is 0 Å². The number of halogens is 1. The Labute approximate surface area is 61.6 Å². The molecule has 1 fully saturated rings. The molecule has 1 heterocycles. The van der Waals surface area contributed by atoms with Gasteiger partial charge in [-0.05, 0) is 18.3 Å². The van der Waals surface area contributed by atoms with Crippen molar-refractivity contribution in [2.45, 2.75) is 26.4 Å². The Morgan fingerprint density at radius 3 is 2.50 bits per heavy atom. The lowest BCUT2D eigenvalue weighted by Gasteiger charge is -2.27. The number of rotatable bonds is 1. The monoisotopic (exact) mass is 146 g/mol. The van der Waals surface area contributed by atoms with Crippen LogP contribution in [-0.2, 0) is 4.74 Å². The van der Waals surface area contributed by atoms with Gasteiger partial charge in [0.1, 0.15) is 6.17 Å². The summed E-state index contributed by atoms with van der Waals surface area (Å²) < 4.78 is 17.7. The topological polar surface area (TPSA) is 9.23 Å². The maximum absolute atomic E-state index is 12.7. The SMILES string of the molecule is CC(C)C1COCC(F)C1. The van der Waals surface area contributed by atoms with Crippen molar-refractivity contribution in [2.24, 2.45) is 11.8 Å². The summed E-state index contributed by atoms with van der Waals surface area (Å²) in [6.45, 7) is 5.29. The van der Waals surface area contributed by atoms with E-state index in [1.807, 2.05) is 0 Å². The van der Waals surface area contributed by atoms with Crippen molar-refractivity contribution >= 4 is 0 Å². The van der Waals surface area contributed by atoms with Gasteiger partial charge in [0.2, 0.25) is 0 Å². The molecule has 0 N–H and O–H groups in total. The van der Waals surface area contributed by atoms with Gasteiger partial charge in [-0.25, -0.2) is 4.39 Å². The zero-order chi connectivity index (χ0) is 7.56. The predicted octanol–water partition coefficient (Wildman–Crippen LogP) is 2.02. The lowest BCUT2D eigenvalue weighted by atomic mass is 9.90. The second-order valence-corrected chi connectivity index (χ2v) is 3.37. The van der Waals surface area contributed by atoms with Crippen molar-refractivity contribution in [1.82, 2.24) is 0 Å². The maximum atomic E-state index is 12.7. The fourth-order valence-corrected chi connectivity index (χ4v) is 1.28. The van der Waals surface area contributed by atoms with Crippen LogP contribution in [0.2, 0.25) is 0 Å². The van der Waals surface area contributed by atoms with Crippen molar-refractivity contribution in [1.29, 1.82) is 0 Å². The molecule has 0 aromatic heterocycles. The Morgan fingerprint density at radius 2 is 2.10 bits per heavy atom. The van der Waals surface area contributed by atoms with Crippen molar-refractivity contribution in [3.63, 3.8) is 0 Å². The molecule has 1 aliphatic rings. The molecule has 1 aliphatic heterocycles. The van der Waals surface area contributed by atoms with Crippen LogP contribution >= 0.6 is 0 Å². The molecule has 0 aromatic rings. The summed E-state index contributed by atoms with van der Waals surface area (Å²) in [6.07, 6.45) is -0.0290. The molecule has 10 heavy (non-hydrogen) atoms. The molecule has 2 unspecified atom stereocenters. The Kier molecular flexibility index (Phi) is 2.66. The van der Waals surface area contributed by atoms with Gasteiger partial charge < -0.3 is 4.74 Å². The molecule has 0 radical (unpaired) electrons. The van der Waals surface area contributed by atoms with Gasteiger partial charge in [-0.2, -0.15) is 0 Å². The lowest BCUT2D eigenvalue weighted by Crippen LogP contribution is -2.29. The van der Waals surface area contributed by atoms with Crippen molar-refractivity contribution in [2.75, 3.05) is 13.2 Å². The third-order valence-electron chi connectivity index (χ3n) is 2.13. The molecule has 2 atom stereocenters. The van der Waals surface area contributed by atoms with Crippen molar-refractivity contribution in [3.05, 3.63) is 0 Å². The van der Waals surface area contributed by atoms with Crippen LogP contribution in [0.3, 0.4) is 0 Å². The van der Waals surface area contributed by atoms with Crippen LogP contribution < -0.4 is 0 Å². The van der Waals surface area contributed by atoms with Crippen molar-refractivity contribution < 1.29 is 9.13 Å². The highest BCUT2D eigenvalue weighted by molar-refractivity contribution is 4.71. The minimum atomic E-state index is -0.721. The smallest absolute Gasteiger partial charge is 0.124 e. The first-order valence-corrected chi connectivity index (χ1v) is 3.92. The first-order chi connectivity index (χ1) is 4.70. The van der Waals surface area contributed by atoms with Gasteiger partial charge in [0.15, 0.2) is 0 Å². The average molecular weight is 146 g/mol. The standard InChI is InChI=1S/C8H15FO/c1-6(2)7-3-8(9)5-10-4-7/h6-8H,3-5H2,1-2H3. The predicted molar refractivity (Wildman–Crippen MR) is 38.7 cm³/mol. The highest BCUT2D eigenvalue weighted by Crippen LogP contribution is 2.23. The highest BCUT2D eigenvalue weighted by Gasteiger charge is 2.23. The molecule has 1 rings (SSSR count). The van der Waals surface area contributed by atoms with E-state index in [2.05, 4.69) is 13.8 Å². The molecular weight excluding hydrogens is 131 g/mol. The zero-order valence-corrected chi connectivity index (χ0v) is 6.64. The largest absolute Gasteiger partial charge is 0.378 e. The summed E-state index contributed by atoms with van der Waals surface area (Å²) in [4.78, 5) is 0. The number of hydrogen-bond donors (Lipinski definition) is 0. The number of alkyl halides is 1. The fraction of sp³-hybridized carbons (Fsp3) is 1.00. The van der Waals surface area contributed by atoms with E-state index in [4.69, 9.17) is 4.74 Å². The molecule has 2 heteroatoms. The van der Waals surface area contributed by atoms with Gasteiger partial charge in [-0.1, -0.05) is 13.8 Å². The third-order valence-corrected chi connectivity index (χ3v) is 2.13. The molecule has 0 spiro atoms. The van der Waals surface area contributed by atoms with E-state index in [1.165, 1.54) is 0 Å². The van der Waals surface area contributed by atoms with Gasteiger partial charge in [-0.3, -0.25) is 0 Å². The molecule has 0 aromatic carbocycles. The summed E-state index contributed by atoms with van der Waals surface area (Å²) in [5.74, 6) is 0.988. The van der Waals surface area contributed by atoms with Crippen LogP contribution in [0.1, 0.15) is 20.3 Å². The van der Waals surface area contributed by atoms with Gasteiger partial charge >= 0.3 is 0 Å². The van der Waals surface area contributed by atoms with Gasteiger partial charge in [0.05, 0.1) is 6.61 Å². The molecule has 0 bridgehead atoms. The van der Waals surface area contributed by atoms with E-state index in [1.54, 1.807) is 0 Å². The van der Waals surface area contributed by atoms with E-state index >= 15 is 0 Å². The van der Waals surface area contributed by atoms with E-state index in [9.17, 15) is 4.39 Å². The molecule has 1 saturated heterocycles. The summed E-state index contributed by atoms with van der Waals surface area (Å²) in [6, 6.07) is 0.